The average molecular weight is 329 g/mol. The molecular weight excluding hydrogens is 310 g/mol. The number of hydrogen-bond donors (Lipinski definition) is 0. The molecule has 0 aromatic heterocycles. The van der Waals surface area contributed by atoms with E-state index in [1.807, 2.05) is 30.3 Å². The fourth-order valence-corrected chi connectivity index (χ4v) is 2.73. The lowest BCUT2D eigenvalue weighted by atomic mass is 10.1. The van der Waals surface area contributed by atoms with Gasteiger partial charge in [0.1, 0.15) is 6.61 Å². The average Bonchev–Trinajstić information content (AvgIpc) is 2.81. The standard InChI is InChI=1S/C15H19N7O2/c16-20-18-9-14-8-4-7-13(19-21-17)10-22(14)15(23)24-11-12-5-2-1-3-6-12/h1-3,5-6,13-14H,4,7-11H2/t13-,14-/m0/s1. The number of rotatable bonds is 5. The van der Waals surface area contributed by atoms with Gasteiger partial charge in [-0.15, -0.1) is 0 Å². The van der Waals surface area contributed by atoms with Gasteiger partial charge >= 0.3 is 6.09 Å². The van der Waals surface area contributed by atoms with E-state index in [1.165, 1.54) is 4.90 Å². The van der Waals surface area contributed by atoms with Crippen molar-refractivity contribution in [1.29, 1.82) is 0 Å². The highest BCUT2D eigenvalue weighted by Gasteiger charge is 2.29. The first-order valence-corrected chi connectivity index (χ1v) is 7.77. The third-order valence-electron chi connectivity index (χ3n) is 3.93. The highest BCUT2D eigenvalue weighted by molar-refractivity contribution is 5.68. The molecule has 1 aromatic carbocycles. The smallest absolute Gasteiger partial charge is 0.410 e. The van der Waals surface area contributed by atoms with E-state index in [-0.39, 0.29) is 31.8 Å². The Balaban J connectivity index is 2.07. The largest absolute Gasteiger partial charge is 0.445 e. The van der Waals surface area contributed by atoms with Crippen LogP contribution in [-0.4, -0.2) is 36.2 Å². The van der Waals surface area contributed by atoms with Crippen molar-refractivity contribution in [1.82, 2.24) is 4.90 Å². The van der Waals surface area contributed by atoms with Crippen LogP contribution < -0.4 is 0 Å². The lowest BCUT2D eigenvalue weighted by Gasteiger charge is -2.29. The molecule has 1 saturated heterocycles. The molecular formula is C15H19N7O2. The van der Waals surface area contributed by atoms with Crippen LogP contribution in [0.5, 0.6) is 0 Å². The van der Waals surface area contributed by atoms with Crippen molar-refractivity contribution in [3.05, 3.63) is 56.8 Å². The van der Waals surface area contributed by atoms with Crippen molar-refractivity contribution in [3.8, 4) is 0 Å². The molecule has 24 heavy (non-hydrogen) atoms. The molecule has 0 saturated carbocycles. The summed E-state index contributed by atoms with van der Waals surface area (Å²) in [5, 5.41) is 7.32. The number of carbonyl (C=O) groups is 1. The van der Waals surface area contributed by atoms with E-state index in [9.17, 15) is 4.79 Å². The Morgan fingerprint density at radius 2 is 2.04 bits per heavy atom. The van der Waals surface area contributed by atoms with Crippen molar-refractivity contribution in [2.24, 2.45) is 10.2 Å². The molecule has 1 amide bonds. The molecule has 9 heteroatoms. The summed E-state index contributed by atoms with van der Waals surface area (Å²) < 4.78 is 5.38. The van der Waals surface area contributed by atoms with Crippen LogP contribution in [0.2, 0.25) is 0 Å². The quantitative estimate of drug-likeness (QED) is 0.456. The maximum absolute atomic E-state index is 12.5. The molecule has 0 unspecified atom stereocenters. The topological polar surface area (TPSA) is 127 Å². The summed E-state index contributed by atoms with van der Waals surface area (Å²) in [6.07, 6.45) is 1.67. The lowest BCUT2D eigenvalue weighted by Crippen LogP contribution is -2.44. The molecule has 2 atom stereocenters. The van der Waals surface area contributed by atoms with Crippen LogP contribution in [0.3, 0.4) is 0 Å². The minimum absolute atomic E-state index is 0.163. The van der Waals surface area contributed by atoms with Gasteiger partial charge in [0.05, 0.1) is 6.04 Å². The number of carbonyl (C=O) groups excluding carboxylic acids is 1. The van der Waals surface area contributed by atoms with Crippen LogP contribution in [0.1, 0.15) is 24.8 Å². The zero-order valence-electron chi connectivity index (χ0n) is 13.2. The van der Waals surface area contributed by atoms with Crippen molar-refractivity contribution in [2.45, 2.75) is 38.0 Å². The summed E-state index contributed by atoms with van der Waals surface area (Å²) in [5.74, 6) is 0. The Hall–Kier alpha value is -2.89. The summed E-state index contributed by atoms with van der Waals surface area (Å²) >= 11 is 0. The van der Waals surface area contributed by atoms with E-state index in [2.05, 4.69) is 20.1 Å². The van der Waals surface area contributed by atoms with Gasteiger partial charge in [0.2, 0.25) is 0 Å². The first-order valence-electron chi connectivity index (χ1n) is 7.77. The molecule has 0 radical (unpaired) electrons. The van der Waals surface area contributed by atoms with Crippen molar-refractivity contribution >= 4 is 6.09 Å². The summed E-state index contributed by atoms with van der Waals surface area (Å²) in [6.45, 7) is 0.611. The Kier molecular flexibility index (Phi) is 6.76. The first kappa shape index (κ1) is 17.5. The third-order valence-corrected chi connectivity index (χ3v) is 3.93. The van der Waals surface area contributed by atoms with Gasteiger partial charge in [-0.3, -0.25) is 0 Å². The predicted molar refractivity (Wildman–Crippen MR) is 87.9 cm³/mol. The van der Waals surface area contributed by atoms with Gasteiger partial charge in [-0.25, -0.2) is 4.79 Å². The highest BCUT2D eigenvalue weighted by Crippen LogP contribution is 2.21. The zero-order chi connectivity index (χ0) is 17.2. The number of ether oxygens (including phenoxy) is 1. The van der Waals surface area contributed by atoms with Crippen molar-refractivity contribution in [3.63, 3.8) is 0 Å². The second-order valence-electron chi connectivity index (χ2n) is 5.55. The van der Waals surface area contributed by atoms with E-state index >= 15 is 0 Å². The Bertz CT molecular complexity index is 638. The molecule has 0 N–H and O–H groups in total. The summed E-state index contributed by atoms with van der Waals surface area (Å²) in [6, 6.07) is 8.83. The van der Waals surface area contributed by atoms with Crippen molar-refractivity contribution < 1.29 is 9.53 Å². The molecule has 1 heterocycles. The lowest BCUT2D eigenvalue weighted by molar-refractivity contribution is 0.0810. The predicted octanol–water partition coefficient (Wildman–Crippen LogP) is 4.17. The molecule has 126 valence electrons. The van der Waals surface area contributed by atoms with Crippen LogP contribution in [0, 0.1) is 0 Å². The summed E-state index contributed by atoms with van der Waals surface area (Å²) in [7, 11) is 0. The maximum Gasteiger partial charge on any atom is 0.410 e. The SMILES string of the molecule is [N-]=[N+]=NC[C@@H]1CCC[C@H](N=[N+]=[N-])CN1C(=O)OCc1ccccc1. The molecule has 1 aromatic rings. The van der Waals surface area contributed by atoms with Gasteiger partial charge in [0, 0.05) is 29.0 Å². The number of azide groups is 2. The molecule has 9 nitrogen and oxygen atoms in total. The van der Waals surface area contributed by atoms with Crippen LogP contribution in [-0.2, 0) is 11.3 Å². The zero-order valence-corrected chi connectivity index (χ0v) is 13.2. The number of hydrogen-bond acceptors (Lipinski definition) is 4. The van der Waals surface area contributed by atoms with Crippen LogP contribution in [0.15, 0.2) is 40.6 Å². The highest BCUT2D eigenvalue weighted by atomic mass is 16.6. The molecule has 0 aliphatic carbocycles. The second kappa shape index (κ2) is 9.29. The summed E-state index contributed by atoms with van der Waals surface area (Å²) in [4.78, 5) is 19.6. The maximum atomic E-state index is 12.5. The minimum Gasteiger partial charge on any atom is -0.445 e. The molecule has 0 bridgehead atoms. The van der Waals surface area contributed by atoms with Gasteiger partial charge in [-0.05, 0) is 29.5 Å². The van der Waals surface area contributed by atoms with Crippen molar-refractivity contribution in [2.75, 3.05) is 13.1 Å². The monoisotopic (exact) mass is 329 g/mol. The Morgan fingerprint density at radius 1 is 1.25 bits per heavy atom. The molecule has 2 rings (SSSR count). The fourth-order valence-electron chi connectivity index (χ4n) is 2.73. The number of benzene rings is 1. The van der Waals surface area contributed by atoms with E-state index in [0.29, 0.717) is 12.8 Å². The van der Waals surface area contributed by atoms with E-state index < -0.39 is 6.09 Å². The fraction of sp³-hybridized carbons (Fsp3) is 0.533. The molecule has 1 fully saturated rings. The van der Waals surface area contributed by atoms with Crippen LogP contribution in [0.25, 0.3) is 20.9 Å². The number of nitrogens with zero attached hydrogens (tertiary/aromatic N) is 7. The summed E-state index contributed by atoms with van der Waals surface area (Å²) in [5.41, 5.74) is 18.1. The Labute approximate surface area is 139 Å². The van der Waals surface area contributed by atoms with Gasteiger partial charge in [-0.1, -0.05) is 47.0 Å². The number of amides is 1. The van der Waals surface area contributed by atoms with E-state index in [1.54, 1.807) is 0 Å². The van der Waals surface area contributed by atoms with E-state index in [0.717, 1.165) is 12.0 Å². The normalized spacial score (nSPS) is 20.2. The Morgan fingerprint density at radius 3 is 2.75 bits per heavy atom. The second-order valence-corrected chi connectivity index (χ2v) is 5.55. The molecule has 1 aliphatic heterocycles. The minimum atomic E-state index is -0.489. The molecule has 0 spiro atoms. The van der Waals surface area contributed by atoms with E-state index in [4.69, 9.17) is 15.8 Å². The van der Waals surface area contributed by atoms with Gasteiger partial charge in [0.25, 0.3) is 0 Å². The van der Waals surface area contributed by atoms with Gasteiger partial charge < -0.3 is 9.64 Å². The number of likely N-dealkylation sites (tertiary alicyclic amines) is 1. The van der Waals surface area contributed by atoms with Crippen LogP contribution in [0.4, 0.5) is 4.79 Å². The molecule has 1 aliphatic rings. The van der Waals surface area contributed by atoms with Crippen LogP contribution >= 0.6 is 0 Å². The van der Waals surface area contributed by atoms with Gasteiger partial charge in [0.15, 0.2) is 0 Å². The third kappa shape index (κ3) is 5.08. The van der Waals surface area contributed by atoms with Gasteiger partial charge in [-0.2, -0.15) is 0 Å². The first-order chi connectivity index (χ1) is 11.7.